The zero-order chi connectivity index (χ0) is 19.3. The van der Waals surface area contributed by atoms with Crippen LogP contribution in [0.25, 0.3) is 16.6 Å². The summed E-state index contributed by atoms with van der Waals surface area (Å²) in [6, 6.07) is 16.8. The molecule has 2 aromatic carbocycles. The Morgan fingerprint density at radius 2 is 1.90 bits per heavy atom. The summed E-state index contributed by atoms with van der Waals surface area (Å²) in [7, 11) is 0. The summed E-state index contributed by atoms with van der Waals surface area (Å²) in [5.41, 5.74) is 7.15. The van der Waals surface area contributed by atoms with Gasteiger partial charge in [0.1, 0.15) is 5.69 Å². The van der Waals surface area contributed by atoms with Crippen LogP contribution >= 0.6 is 11.3 Å². The highest BCUT2D eigenvalue weighted by Gasteiger charge is 2.37. The number of nitrogens with one attached hydrogen (secondary N) is 1. The van der Waals surface area contributed by atoms with Crippen molar-refractivity contribution in [2.24, 2.45) is 0 Å². The van der Waals surface area contributed by atoms with Crippen LogP contribution in [0.4, 0.5) is 0 Å². The van der Waals surface area contributed by atoms with Crippen molar-refractivity contribution in [2.75, 3.05) is 6.79 Å². The molecule has 0 amide bonds. The molecule has 0 saturated carbocycles. The maximum absolute atomic E-state index is 5.66. The van der Waals surface area contributed by atoms with Gasteiger partial charge in [-0.25, -0.2) is 0 Å². The van der Waals surface area contributed by atoms with Gasteiger partial charge in [-0.2, -0.15) is 5.10 Å². The summed E-state index contributed by atoms with van der Waals surface area (Å²) in [4.78, 5) is 5.27. The molecule has 6 rings (SSSR count). The van der Waals surface area contributed by atoms with Gasteiger partial charge in [-0.05, 0) is 23.3 Å². The van der Waals surface area contributed by atoms with Crippen molar-refractivity contribution in [3.63, 3.8) is 0 Å². The maximum atomic E-state index is 5.66. The first-order valence-corrected chi connectivity index (χ1v) is 10.3. The average molecular weight is 399 g/mol. The molecule has 0 fully saturated rings. The van der Waals surface area contributed by atoms with Crippen molar-refractivity contribution in [1.82, 2.24) is 15.2 Å². The Kier molecular flexibility index (Phi) is 3.61. The molecule has 6 heteroatoms. The molecule has 2 aromatic heterocycles. The minimum atomic E-state index is -0.313. The quantitative estimate of drug-likeness (QED) is 0.537. The zero-order valence-corrected chi connectivity index (χ0v) is 16.3. The number of fused-ring (bicyclic) bond motifs is 2. The Morgan fingerprint density at radius 1 is 1.00 bits per heavy atom. The molecule has 142 valence electrons. The van der Waals surface area contributed by atoms with Crippen molar-refractivity contribution in [3.05, 3.63) is 88.7 Å². The topological polar surface area (TPSA) is 60.0 Å². The van der Waals surface area contributed by atoms with Crippen LogP contribution in [0.1, 0.15) is 22.4 Å². The van der Waals surface area contributed by atoms with E-state index >= 15 is 0 Å². The molecule has 0 spiro atoms. The Balaban J connectivity index is 1.51. The summed E-state index contributed by atoms with van der Waals surface area (Å²) in [5.74, 6) is 1.60. The highest BCUT2D eigenvalue weighted by atomic mass is 32.1. The molecule has 1 aliphatic carbocycles. The smallest absolute Gasteiger partial charge is 0.231 e. The van der Waals surface area contributed by atoms with E-state index in [2.05, 4.69) is 63.7 Å². The Labute approximate surface area is 171 Å². The zero-order valence-electron chi connectivity index (χ0n) is 15.5. The summed E-state index contributed by atoms with van der Waals surface area (Å²) < 4.78 is 11.2. The third kappa shape index (κ3) is 2.53. The molecule has 4 aromatic rings. The lowest BCUT2D eigenvalue weighted by molar-refractivity contribution is 0.174. The molecular weight excluding hydrogens is 382 g/mol. The van der Waals surface area contributed by atoms with E-state index in [0.717, 1.165) is 39.7 Å². The number of benzene rings is 2. The first-order chi connectivity index (χ1) is 14.3. The minimum absolute atomic E-state index is 0.274. The number of allylic oxidation sites excluding steroid dienone is 1. The van der Waals surface area contributed by atoms with Crippen molar-refractivity contribution >= 4 is 17.4 Å². The van der Waals surface area contributed by atoms with Crippen molar-refractivity contribution < 1.29 is 9.47 Å². The van der Waals surface area contributed by atoms with E-state index in [4.69, 9.17) is 9.47 Å². The molecule has 1 atom stereocenters. The highest BCUT2D eigenvalue weighted by Crippen LogP contribution is 2.45. The van der Waals surface area contributed by atoms with Crippen LogP contribution in [-0.4, -0.2) is 22.0 Å². The molecule has 1 aliphatic heterocycles. The fourth-order valence-corrected chi connectivity index (χ4v) is 4.88. The van der Waals surface area contributed by atoms with Crippen molar-refractivity contribution in [3.8, 4) is 22.1 Å². The Hall–Kier alpha value is -3.38. The van der Waals surface area contributed by atoms with E-state index in [1.54, 1.807) is 11.3 Å². The van der Waals surface area contributed by atoms with E-state index in [-0.39, 0.29) is 12.2 Å². The number of nitrogens with zero attached hydrogens (tertiary/aromatic N) is 2. The second-order valence-electron chi connectivity index (χ2n) is 7.25. The second kappa shape index (κ2) is 6.32. The predicted octanol–water partition coefficient (Wildman–Crippen LogP) is 4.82. The molecule has 0 saturated heterocycles. The average Bonchev–Trinajstić information content (AvgIpc) is 3.53. The van der Waals surface area contributed by atoms with Crippen LogP contribution in [-0.2, 0) is 11.8 Å². The summed E-state index contributed by atoms with van der Waals surface area (Å²) in [6.45, 7) is 0.274. The number of hydrogen-bond acceptors (Lipinski definition) is 5. The first kappa shape index (κ1) is 16.6. The van der Waals surface area contributed by atoms with Gasteiger partial charge in [-0.1, -0.05) is 48.6 Å². The lowest BCUT2D eigenvalue weighted by atomic mass is 9.68. The third-order valence-corrected chi connectivity index (χ3v) is 6.50. The van der Waals surface area contributed by atoms with Crippen LogP contribution in [0, 0.1) is 0 Å². The van der Waals surface area contributed by atoms with E-state index in [1.807, 2.05) is 23.8 Å². The molecule has 2 aliphatic rings. The number of aromatic amines is 1. The number of thiazole rings is 1. The Bertz CT molecular complexity index is 1210. The standard InChI is InChI=1S/C23H17N3O2S/c1-2-4-15(5-3-1)23(16-6-7-19-20(10-16)28-14-27-19)9-8-17-18(11-23)25-26-22(17)21-12-24-13-29-21/h1-10,12-13H,11,14H2,(H,25,26). The van der Waals surface area contributed by atoms with Gasteiger partial charge in [0.25, 0.3) is 0 Å². The van der Waals surface area contributed by atoms with E-state index in [0.29, 0.717) is 0 Å². The molecule has 0 radical (unpaired) electrons. The molecule has 3 heterocycles. The highest BCUT2D eigenvalue weighted by molar-refractivity contribution is 7.13. The number of rotatable bonds is 3. The van der Waals surface area contributed by atoms with Gasteiger partial charge in [0, 0.05) is 29.3 Å². The molecule has 29 heavy (non-hydrogen) atoms. The van der Waals surface area contributed by atoms with Crippen LogP contribution in [0.5, 0.6) is 11.5 Å². The summed E-state index contributed by atoms with van der Waals surface area (Å²) in [6.07, 6.45) is 7.14. The number of H-pyrrole nitrogens is 1. The lowest BCUT2D eigenvalue weighted by Crippen LogP contribution is -2.30. The SMILES string of the molecule is C1=CC(c2ccccc2)(c2ccc3c(c2)OCO3)Cc2[nH]nc(-c3cncs3)c21. The second-order valence-corrected chi connectivity index (χ2v) is 8.13. The fraction of sp³-hybridized carbons (Fsp3) is 0.130. The lowest BCUT2D eigenvalue weighted by Gasteiger charge is -2.34. The van der Waals surface area contributed by atoms with Gasteiger partial charge in [0.15, 0.2) is 11.5 Å². The molecule has 0 bridgehead atoms. The summed E-state index contributed by atoms with van der Waals surface area (Å²) >= 11 is 1.60. The van der Waals surface area contributed by atoms with Gasteiger partial charge < -0.3 is 9.47 Å². The number of hydrogen-bond donors (Lipinski definition) is 1. The summed E-state index contributed by atoms with van der Waals surface area (Å²) in [5, 5.41) is 7.88. The number of ether oxygens (including phenoxy) is 2. The van der Waals surface area contributed by atoms with Gasteiger partial charge in [-0.3, -0.25) is 10.1 Å². The molecule has 5 nitrogen and oxygen atoms in total. The Morgan fingerprint density at radius 3 is 2.76 bits per heavy atom. The van der Waals surface area contributed by atoms with Crippen LogP contribution in [0.3, 0.4) is 0 Å². The van der Waals surface area contributed by atoms with Crippen LogP contribution in [0.15, 0.2) is 66.3 Å². The van der Waals surface area contributed by atoms with E-state index < -0.39 is 0 Å². The fourth-order valence-electron chi connectivity index (χ4n) is 4.26. The third-order valence-electron chi connectivity index (χ3n) is 5.72. The van der Waals surface area contributed by atoms with E-state index in [1.165, 1.54) is 11.1 Å². The number of aromatic nitrogens is 3. The van der Waals surface area contributed by atoms with E-state index in [9.17, 15) is 0 Å². The maximum Gasteiger partial charge on any atom is 0.231 e. The van der Waals surface area contributed by atoms with Crippen molar-refractivity contribution in [1.29, 1.82) is 0 Å². The van der Waals surface area contributed by atoms with Crippen LogP contribution in [0.2, 0.25) is 0 Å². The van der Waals surface area contributed by atoms with Gasteiger partial charge in [0.05, 0.1) is 10.4 Å². The predicted molar refractivity (Wildman–Crippen MR) is 112 cm³/mol. The molecule has 1 unspecified atom stereocenters. The molecular formula is C23H17N3O2S. The van der Waals surface area contributed by atoms with Crippen molar-refractivity contribution in [2.45, 2.75) is 11.8 Å². The monoisotopic (exact) mass is 399 g/mol. The van der Waals surface area contributed by atoms with Gasteiger partial charge in [0.2, 0.25) is 6.79 Å². The normalized spacial score (nSPS) is 19.3. The minimum Gasteiger partial charge on any atom is -0.454 e. The largest absolute Gasteiger partial charge is 0.454 e. The van der Waals surface area contributed by atoms with Gasteiger partial charge in [-0.15, -0.1) is 11.3 Å². The van der Waals surface area contributed by atoms with Gasteiger partial charge >= 0.3 is 0 Å². The van der Waals surface area contributed by atoms with Crippen LogP contribution < -0.4 is 9.47 Å². The first-order valence-electron chi connectivity index (χ1n) is 9.44. The molecule has 1 N–H and O–H groups in total.